The first-order valence-corrected chi connectivity index (χ1v) is 9.91. The Balaban J connectivity index is 1.83. The predicted octanol–water partition coefficient (Wildman–Crippen LogP) is 6.44. The molecule has 1 N–H and O–H groups in total. The highest BCUT2D eigenvalue weighted by molar-refractivity contribution is 14.1. The number of hydrogen-bond acceptors (Lipinski definition) is 1. The van der Waals surface area contributed by atoms with Gasteiger partial charge in [0.2, 0.25) is 0 Å². The maximum Gasteiger partial charge on any atom is 0.118 e. The van der Waals surface area contributed by atoms with Crippen LogP contribution in [0, 0.1) is 5.41 Å². The van der Waals surface area contributed by atoms with Crippen LogP contribution in [0.2, 0.25) is 0 Å². The molecule has 22 heavy (non-hydrogen) atoms. The minimum Gasteiger partial charge on any atom is -0.508 e. The highest BCUT2D eigenvalue weighted by atomic mass is 127. The molecule has 0 spiro atoms. The summed E-state index contributed by atoms with van der Waals surface area (Å²) in [6.07, 6.45) is 11.2. The summed E-state index contributed by atoms with van der Waals surface area (Å²) in [6, 6.07) is 6.23. The topological polar surface area (TPSA) is 20.2 Å². The number of aromatic hydroxyl groups is 1. The number of hydrogen-bond donors (Lipinski definition) is 1. The molecule has 0 saturated heterocycles. The van der Waals surface area contributed by atoms with Crippen LogP contribution in [0.5, 0.6) is 5.75 Å². The molecule has 1 saturated carbocycles. The summed E-state index contributed by atoms with van der Waals surface area (Å²) in [5.74, 6) is 0.482. The van der Waals surface area contributed by atoms with Crippen molar-refractivity contribution in [3.8, 4) is 5.75 Å². The summed E-state index contributed by atoms with van der Waals surface area (Å²) >= 11 is 2.61. The molecular formula is C20H31IO. The highest BCUT2D eigenvalue weighted by Crippen LogP contribution is 2.48. The van der Waals surface area contributed by atoms with Crippen molar-refractivity contribution in [2.75, 3.05) is 0 Å². The van der Waals surface area contributed by atoms with Gasteiger partial charge in [-0.1, -0.05) is 61.9 Å². The van der Waals surface area contributed by atoms with Crippen LogP contribution < -0.4 is 0 Å². The van der Waals surface area contributed by atoms with Gasteiger partial charge in [-0.2, -0.15) is 0 Å². The van der Waals surface area contributed by atoms with Gasteiger partial charge in [-0.05, 0) is 74.0 Å². The molecule has 0 radical (unpaired) electrons. The van der Waals surface area contributed by atoms with E-state index in [1.165, 1.54) is 50.5 Å². The summed E-state index contributed by atoms with van der Waals surface area (Å²) in [5, 5.41) is 10.1. The molecule has 0 aliphatic heterocycles. The molecule has 0 unspecified atom stereocenters. The molecule has 1 aliphatic rings. The average molecular weight is 414 g/mol. The fourth-order valence-corrected chi connectivity index (χ4v) is 3.57. The van der Waals surface area contributed by atoms with Gasteiger partial charge < -0.3 is 5.11 Å². The fraction of sp³-hybridized carbons (Fsp3) is 0.700. The van der Waals surface area contributed by atoms with Gasteiger partial charge in [-0.15, -0.1) is 0 Å². The lowest BCUT2D eigenvalue weighted by molar-refractivity contribution is 0.313. The monoisotopic (exact) mass is 414 g/mol. The first-order chi connectivity index (χ1) is 10.3. The van der Waals surface area contributed by atoms with E-state index in [0.29, 0.717) is 14.6 Å². The van der Waals surface area contributed by atoms with E-state index in [0.717, 1.165) is 18.4 Å². The molecular weight excluding hydrogens is 383 g/mol. The largest absolute Gasteiger partial charge is 0.508 e. The van der Waals surface area contributed by atoms with Gasteiger partial charge in [0.05, 0.1) is 0 Å². The van der Waals surface area contributed by atoms with Crippen LogP contribution in [0.3, 0.4) is 0 Å². The molecule has 2 heteroatoms. The van der Waals surface area contributed by atoms with Gasteiger partial charge in [-0.3, -0.25) is 0 Å². The Morgan fingerprint density at radius 1 is 1.18 bits per heavy atom. The van der Waals surface area contributed by atoms with Crippen molar-refractivity contribution in [2.45, 2.75) is 82.0 Å². The third kappa shape index (κ3) is 5.75. The van der Waals surface area contributed by atoms with Crippen molar-refractivity contribution in [3.63, 3.8) is 0 Å². The number of alkyl halides is 1. The SMILES string of the molecule is CCC(C)(C)CCCc1ccc(O)c(CCCC2(I)CC2)c1. The first kappa shape index (κ1) is 18.1. The molecule has 0 aromatic heterocycles. The van der Waals surface area contributed by atoms with E-state index in [-0.39, 0.29) is 0 Å². The standard InChI is InChI=1S/C20H31IO/c1-4-19(2,3)11-5-7-16-9-10-18(22)17(15-16)8-6-12-20(21)13-14-20/h9-10,15,22H,4-8,11-14H2,1-3H3. The average Bonchev–Trinajstić information content (AvgIpc) is 3.20. The molecule has 1 aromatic carbocycles. The van der Waals surface area contributed by atoms with Gasteiger partial charge in [-0.25, -0.2) is 0 Å². The summed E-state index contributed by atoms with van der Waals surface area (Å²) < 4.78 is 0.594. The molecule has 0 amide bonds. The van der Waals surface area contributed by atoms with E-state index < -0.39 is 0 Å². The Bertz CT molecular complexity index is 488. The van der Waals surface area contributed by atoms with Crippen molar-refractivity contribution in [2.24, 2.45) is 5.41 Å². The summed E-state index contributed by atoms with van der Waals surface area (Å²) in [5.41, 5.74) is 2.99. The van der Waals surface area contributed by atoms with E-state index in [2.05, 4.69) is 55.5 Å². The van der Waals surface area contributed by atoms with Crippen LogP contribution in [-0.2, 0) is 12.8 Å². The van der Waals surface area contributed by atoms with Crippen LogP contribution in [0.4, 0.5) is 0 Å². The molecule has 1 aliphatic carbocycles. The maximum absolute atomic E-state index is 10.1. The molecule has 0 atom stereocenters. The smallest absolute Gasteiger partial charge is 0.118 e. The molecule has 0 heterocycles. The van der Waals surface area contributed by atoms with Gasteiger partial charge in [0.1, 0.15) is 5.75 Å². The molecule has 124 valence electrons. The third-order valence-electron chi connectivity index (χ3n) is 5.28. The molecule has 1 nitrogen and oxygen atoms in total. The van der Waals surface area contributed by atoms with Crippen molar-refractivity contribution in [1.82, 2.24) is 0 Å². The van der Waals surface area contributed by atoms with Crippen LogP contribution in [-0.4, -0.2) is 8.53 Å². The lowest BCUT2D eigenvalue weighted by atomic mass is 9.84. The first-order valence-electron chi connectivity index (χ1n) is 8.83. The normalized spacial score (nSPS) is 16.7. The predicted molar refractivity (Wildman–Crippen MR) is 104 cm³/mol. The zero-order chi connectivity index (χ0) is 16.2. The zero-order valence-electron chi connectivity index (χ0n) is 14.4. The minimum absolute atomic E-state index is 0.457. The Kier molecular flexibility index (Phi) is 6.21. The summed E-state index contributed by atoms with van der Waals surface area (Å²) in [7, 11) is 0. The Labute approximate surface area is 150 Å². The van der Waals surface area contributed by atoms with E-state index in [1.54, 1.807) is 0 Å². The lowest BCUT2D eigenvalue weighted by Gasteiger charge is -2.22. The van der Waals surface area contributed by atoms with Gasteiger partial charge in [0, 0.05) is 3.42 Å². The Morgan fingerprint density at radius 3 is 2.55 bits per heavy atom. The third-order valence-corrected chi connectivity index (χ3v) is 6.90. The number of halogens is 1. The van der Waals surface area contributed by atoms with Gasteiger partial charge in [0.15, 0.2) is 0 Å². The lowest BCUT2D eigenvalue weighted by Crippen LogP contribution is -2.09. The molecule has 1 aromatic rings. The minimum atomic E-state index is 0.457. The van der Waals surface area contributed by atoms with E-state index in [9.17, 15) is 5.11 Å². The van der Waals surface area contributed by atoms with Crippen LogP contribution in [0.15, 0.2) is 18.2 Å². The molecule has 1 fully saturated rings. The highest BCUT2D eigenvalue weighted by Gasteiger charge is 2.38. The van der Waals surface area contributed by atoms with E-state index in [4.69, 9.17) is 0 Å². The van der Waals surface area contributed by atoms with E-state index >= 15 is 0 Å². The quantitative estimate of drug-likeness (QED) is 0.364. The number of aryl methyl sites for hydroxylation is 2. The summed E-state index contributed by atoms with van der Waals surface area (Å²) in [6.45, 7) is 6.98. The number of benzene rings is 1. The van der Waals surface area contributed by atoms with Gasteiger partial charge >= 0.3 is 0 Å². The second-order valence-corrected chi connectivity index (χ2v) is 10.1. The molecule has 0 bridgehead atoms. The van der Waals surface area contributed by atoms with E-state index in [1.807, 2.05) is 6.07 Å². The van der Waals surface area contributed by atoms with Crippen molar-refractivity contribution in [1.29, 1.82) is 0 Å². The van der Waals surface area contributed by atoms with Crippen molar-refractivity contribution in [3.05, 3.63) is 29.3 Å². The second kappa shape index (κ2) is 7.55. The number of phenols is 1. The van der Waals surface area contributed by atoms with Gasteiger partial charge in [0.25, 0.3) is 0 Å². The van der Waals surface area contributed by atoms with Crippen LogP contribution in [0.25, 0.3) is 0 Å². The fourth-order valence-electron chi connectivity index (χ4n) is 2.92. The number of rotatable bonds is 9. The van der Waals surface area contributed by atoms with Crippen molar-refractivity contribution < 1.29 is 5.11 Å². The van der Waals surface area contributed by atoms with Crippen molar-refractivity contribution >= 4 is 22.6 Å². The number of phenolic OH excluding ortho intramolecular Hbond substituents is 1. The Morgan fingerprint density at radius 2 is 1.91 bits per heavy atom. The van der Waals surface area contributed by atoms with Crippen LogP contribution in [0.1, 0.15) is 76.8 Å². The zero-order valence-corrected chi connectivity index (χ0v) is 16.6. The summed E-state index contributed by atoms with van der Waals surface area (Å²) in [4.78, 5) is 0. The van der Waals surface area contributed by atoms with Crippen LogP contribution >= 0.6 is 22.6 Å². The maximum atomic E-state index is 10.1. The molecule has 2 rings (SSSR count). The second-order valence-electron chi connectivity index (χ2n) is 7.84. The Hall–Kier alpha value is -0.250.